The fraction of sp³-hybridized carbons (Fsp3) is 0.208. The van der Waals surface area contributed by atoms with E-state index in [4.69, 9.17) is 9.47 Å². The molecule has 1 saturated heterocycles. The molecule has 1 fully saturated rings. The molecule has 0 saturated carbocycles. The molecule has 0 bridgehead atoms. The number of ether oxygens (including phenoxy) is 2. The van der Waals surface area contributed by atoms with E-state index in [9.17, 15) is 4.79 Å². The van der Waals surface area contributed by atoms with Crippen LogP contribution >= 0.6 is 0 Å². The van der Waals surface area contributed by atoms with Crippen LogP contribution in [0.5, 0.6) is 11.5 Å². The molecule has 0 aliphatic carbocycles. The number of fused-ring (bicyclic) bond motifs is 1. The average molecular weight is 414 g/mol. The van der Waals surface area contributed by atoms with Gasteiger partial charge in [-0.25, -0.2) is 9.97 Å². The molecule has 7 nitrogen and oxygen atoms in total. The van der Waals surface area contributed by atoms with E-state index in [0.29, 0.717) is 40.3 Å². The minimum atomic E-state index is -0.102. The molecular weight excluding hydrogens is 392 g/mol. The maximum Gasteiger partial charge on any atom is 0.195 e. The van der Waals surface area contributed by atoms with Crippen LogP contribution in [0.1, 0.15) is 28.8 Å². The second-order valence-corrected chi connectivity index (χ2v) is 7.48. The molecule has 2 aromatic carbocycles. The molecular formula is C24H22N4O3. The van der Waals surface area contributed by atoms with Crippen LogP contribution in [-0.4, -0.2) is 40.0 Å². The predicted molar refractivity (Wildman–Crippen MR) is 118 cm³/mol. The van der Waals surface area contributed by atoms with Crippen LogP contribution in [0.4, 0.5) is 5.82 Å². The second-order valence-electron chi connectivity index (χ2n) is 7.48. The number of H-pyrrole nitrogens is 1. The minimum absolute atomic E-state index is 0.102. The molecule has 1 aliphatic heterocycles. The summed E-state index contributed by atoms with van der Waals surface area (Å²) < 4.78 is 11.4. The van der Waals surface area contributed by atoms with E-state index in [-0.39, 0.29) is 11.8 Å². The zero-order valence-corrected chi connectivity index (χ0v) is 16.9. The summed E-state index contributed by atoms with van der Waals surface area (Å²) in [5.74, 6) is 1.96. The first kappa shape index (κ1) is 19.3. The number of nitrogens with one attached hydrogen (secondary N) is 2. The van der Waals surface area contributed by atoms with Gasteiger partial charge in [0.15, 0.2) is 5.78 Å². The van der Waals surface area contributed by atoms with Gasteiger partial charge in [0.2, 0.25) is 0 Å². The number of hydrogen-bond acceptors (Lipinski definition) is 6. The molecule has 156 valence electrons. The normalized spacial score (nSPS) is 16.2. The van der Waals surface area contributed by atoms with Crippen LogP contribution < -0.4 is 10.1 Å². The quantitative estimate of drug-likeness (QED) is 0.449. The monoisotopic (exact) mass is 414 g/mol. The van der Waals surface area contributed by atoms with E-state index < -0.39 is 0 Å². The zero-order chi connectivity index (χ0) is 21.0. The van der Waals surface area contributed by atoms with E-state index in [1.165, 1.54) is 6.33 Å². The number of hydrogen-bond donors (Lipinski definition) is 2. The summed E-state index contributed by atoms with van der Waals surface area (Å²) in [4.78, 5) is 25.0. The number of benzene rings is 2. The maximum atomic E-state index is 13.3. The van der Waals surface area contributed by atoms with Gasteiger partial charge in [-0.05, 0) is 49.2 Å². The summed E-state index contributed by atoms with van der Waals surface area (Å²) in [5, 5.41) is 4.12. The Morgan fingerprint density at radius 3 is 2.65 bits per heavy atom. The SMILES string of the molecule is O=C(c1ccc(Oc2ccccc2)cc1)c1c[nH]c2ncnc(NC3CCCOC3)c12. The lowest BCUT2D eigenvalue weighted by Gasteiger charge is -2.23. The van der Waals surface area contributed by atoms with E-state index >= 15 is 0 Å². The topological polar surface area (TPSA) is 89.1 Å². The number of carbonyl (C=O) groups excluding carboxylic acids is 1. The zero-order valence-electron chi connectivity index (χ0n) is 16.9. The smallest absolute Gasteiger partial charge is 0.195 e. The van der Waals surface area contributed by atoms with Gasteiger partial charge in [0.25, 0.3) is 0 Å². The molecule has 4 aromatic rings. The lowest BCUT2D eigenvalue weighted by atomic mass is 10.0. The van der Waals surface area contributed by atoms with E-state index in [1.54, 1.807) is 30.5 Å². The predicted octanol–water partition coefficient (Wildman–Crippen LogP) is 4.57. The number of para-hydroxylation sites is 1. The Kier molecular flexibility index (Phi) is 5.33. The van der Waals surface area contributed by atoms with Gasteiger partial charge >= 0.3 is 0 Å². The fourth-order valence-corrected chi connectivity index (χ4v) is 3.75. The van der Waals surface area contributed by atoms with Gasteiger partial charge in [-0.3, -0.25) is 4.79 Å². The molecule has 2 N–H and O–H groups in total. The lowest BCUT2D eigenvalue weighted by Crippen LogP contribution is -2.30. The molecule has 1 unspecified atom stereocenters. The molecule has 5 rings (SSSR count). The number of rotatable bonds is 6. The molecule has 0 amide bonds. The van der Waals surface area contributed by atoms with E-state index in [0.717, 1.165) is 25.2 Å². The number of ketones is 1. The van der Waals surface area contributed by atoms with Crippen molar-refractivity contribution in [2.24, 2.45) is 0 Å². The van der Waals surface area contributed by atoms with Gasteiger partial charge < -0.3 is 19.8 Å². The van der Waals surface area contributed by atoms with Crippen LogP contribution in [0.15, 0.2) is 67.1 Å². The summed E-state index contributed by atoms with van der Waals surface area (Å²) in [6.07, 6.45) is 5.19. The van der Waals surface area contributed by atoms with Gasteiger partial charge in [0.1, 0.15) is 29.3 Å². The van der Waals surface area contributed by atoms with Gasteiger partial charge in [-0.15, -0.1) is 0 Å². The first-order valence-corrected chi connectivity index (χ1v) is 10.3. The minimum Gasteiger partial charge on any atom is -0.457 e. The number of nitrogens with zero attached hydrogens (tertiary/aromatic N) is 2. The van der Waals surface area contributed by atoms with Crippen molar-refractivity contribution in [3.05, 3.63) is 78.2 Å². The Hall–Kier alpha value is -3.71. The summed E-state index contributed by atoms with van der Waals surface area (Å²) in [6, 6.07) is 16.8. The molecule has 1 atom stereocenters. The number of aromatic amines is 1. The first-order chi connectivity index (χ1) is 15.3. The van der Waals surface area contributed by atoms with Crippen molar-refractivity contribution in [3.8, 4) is 11.5 Å². The third kappa shape index (κ3) is 4.13. The van der Waals surface area contributed by atoms with Crippen molar-refractivity contribution in [1.82, 2.24) is 15.0 Å². The van der Waals surface area contributed by atoms with E-state index in [2.05, 4.69) is 20.3 Å². The van der Waals surface area contributed by atoms with E-state index in [1.807, 2.05) is 30.3 Å². The summed E-state index contributed by atoms with van der Waals surface area (Å²) in [6.45, 7) is 1.41. The number of carbonyl (C=O) groups is 1. The van der Waals surface area contributed by atoms with Crippen LogP contribution in [0.2, 0.25) is 0 Å². The van der Waals surface area contributed by atoms with Crippen molar-refractivity contribution in [1.29, 1.82) is 0 Å². The first-order valence-electron chi connectivity index (χ1n) is 10.3. The number of aromatic nitrogens is 3. The highest BCUT2D eigenvalue weighted by Crippen LogP contribution is 2.28. The molecule has 7 heteroatoms. The van der Waals surface area contributed by atoms with Crippen molar-refractivity contribution < 1.29 is 14.3 Å². The summed E-state index contributed by atoms with van der Waals surface area (Å²) >= 11 is 0. The summed E-state index contributed by atoms with van der Waals surface area (Å²) in [5.41, 5.74) is 1.73. The number of anilines is 1. The van der Waals surface area contributed by atoms with Crippen molar-refractivity contribution in [2.45, 2.75) is 18.9 Å². The van der Waals surface area contributed by atoms with Gasteiger partial charge in [0, 0.05) is 18.4 Å². The summed E-state index contributed by atoms with van der Waals surface area (Å²) in [7, 11) is 0. The Morgan fingerprint density at radius 2 is 1.87 bits per heavy atom. The van der Waals surface area contributed by atoms with Gasteiger partial charge in [-0.2, -0.15) is 0 Å². The van der Waals surface area contributed by atoms with Gasteiger partial charge in [0.05, 0.1) is 23.6 Å². The molecule has 0 radical (unpaired) electrons. The second kappa shape index (κ2) is 8.57. The molecule has 31 heavy (non-hydrogen) atoms. The Morgan fingerprint density at radius 1 is 1.06 bits per heavy atom. The van der Waals surface area contributed by atoms with Crippen LogP contribution in [0.3, 0.4) is 0 Å². The Bertz CT molecular complexity index is 1180. The molecule has 1 aliphatic rings. The third-order valence-corrected chi connectivity index (χ3v) is 5.31. The lowest BCUT2D eigenvalue weighted by molar-refractivity contribution is 0.0875. The molecule has 3 heterocycles. The molecule has 2 aromatic heterocycles. The largest absolute Gasteiger partial charge is 0.457 e. The Balaban J connectivity index is 1.40. The average Bonchev–Trinajstić information content (AvgIpc) is 3.26. The van der Waals surface area contributed by atoms with Crippen molar-refractivity contribution in [3.63, 3.8) is 0 Å². The highest BCUT2D eigenvalue weighted by Gasteiger charge is 2.21. The van der Waals surface area contributed by atoms with Crippen molar-refractivity contribution >= 4 is 22.6 Å². The highest BCUT2D eigenvalue weighted by molar-refractivity contribution is 6.18. The standard InChI is InChI=1S/C24H22N4O3/c29-22(16-8-10-19(11-9-16)31-18-6-2-1-3-7-18)20-13-25-23-21(20)24(27-15-26-23)28-17-5-4-12-30-14-17/h1-3,6-11,13,15,17H,4-5,12,14H2,(H2,25,26,27,28). The fourth-order valence-electron chi connectivity index (χ4n) is 3.75. The van der Waals surface area contributed by atoms with Crippen LogP contribution in [0, 0.1) is 0 Å². The van der Waals surface area contributed by atoms with Crippen LogP contribution in [0.25, 0.3) is 11.0 Å². The highest BCUT2D eigenvalue weighted by atomic mass is 16.5. The molecule has 0 spiro atoms. The van der Waals surface area contributed by atoms with Gasteiger partial charge in [-0.1, -0.05) is 18.2 Å². The van der Waals surface area contributed by atoms with Crippen molar-refractivity contribution in [2.75, 3.05) is 18.5 Å². The van der Waals surface area contributed by atoms with Crippen LogP contribution in [-0.2, 0) is 4.74 Å². The Labute approximate surface area is 179 Å². The maximum absolute atomic E-state index is 13.3. The third-order valence-electron chi connectivity index (χ3n) is 5.31.